The van der Waals surface area contributed by atoms with Crippen LogP contribution >= 0.6 is 0 Å². The summed E-state index contributed by atoms with van der Waals surface area (Å²) in [5.74, 6) is 0.491. The maximum atomic E-state index is 13.7. The van der Waals surface area contributed by atoms with Gasteiger partial charge < -0.3 is 40.3 Å². The fourth-order valence-electron chi connectivity index (χ4n) is 4.58. The molecule has 0 aliphatic carbocycles. The molecule has 4 N–H and O–H groups in total. The summed E-state index contributed by atoms with van der Waals surface area (Å²) in [6, 6.07) is 19.6. The summed E-state index contributed by atoms with van der Waals surface area (Å²) >= 11 is 0. The van der Waals surface area contributed by atoms with E-state index >= 15 is 0 Å². The normalized spacial score (nSPS) is 17.1. The number of fused-ring (bicyclic) bond motifs is 1. The van der Waals surface area contributed by atoms with Gasteiger partial charge in [0, 0.05) is 36.6 Å². The Morgan fingerprint density at radius 1 is 1.02 bits per heavy atom. The second-order valence-corrected chi connectivity index (χ2v) is 10.3. The molecule has 1 aliphatic heterocycles. The van der Waals surface area contributed by atoms with Crippen LogP contribution in [0.5, 0.6) is 11.5 Å². The Labute approximate surface area is 245 Å². The predicted molar refractivity (Wildman–Crippen MR) is 161 cm³/mol. The third kappa shape index (κ3) is 7.49. The summed E-state index contributed by atoms with van der Waals surface area (Å²) in [4.78, 5) is 42.4. The van der Waals surface area contributed by atoms with Crippen LogP contribution in [-0.4, -0.2) is 78.9 Å². The molecule has 0 fully saturated rings. The fourth-order valence-corrected chi connectivity index (χ4v) is 4.58. The van der Waals surface area contributed by atoms with Crippen molar-refractivity contribution in [3.05, 3.63) is 78.4 Å². The first-order valence-electron chi connectivity index (χ1n) is 13.7. The lowest BCUT2D eigenvalue weighted by atomic mass is 9.99. The standard InChI is InChI=1S/C31H37N5O6/c1-20-17-36(21(2)19-37)29(38)26-16-24(33-30(39)32-23-10-13-25(41-4)14-11-23)12-15-27(26)42-28(20)18-35(3)31(40)34-22-8-6-5-7-9-22/h5-16,20-21,28,37H,17-19H2,1-4H3,(H,34,40)(H2,32,33,39)/t20-,21+,28+/m0/s1. The average molecular weight is 576 g/mol. The van der Waals surface area contributed by atoms with E-state index in [9.17, 15) is 19.5 Å². The number of likely N-dealkylation sites (N-methyl/N-ethyl adjacent to an activating group) is 1. The number of amides is 5. The highest BCUT2D eigenvalue weighted by Crippen LogP contribution is 2.31. The van der Waals surface area contributed by atoms with E-state index in [0.717, 1.165) is 0 Å². The molecule has 0 radical (unpaired) electrons. The minimum Gasteiger partial charge on any atom is -0.497 e. The van der Waals surface area contributed by atoms with Gasteiger partial charge >= 0.3 is 12.1 Å². The zero-order chi connectivity index (χ0) is 30.2. The van der Waals surface area contributed by atoms with Gasteiger partial charge in [-0.25, -0.2) is 9.59 Å². The monoisotopic (exact) mass is 575 g/mol. The Hall–Kier alpha value is -4.77. The summed E-state index contributed by atoms with van der Waals surface area (Å²) < 4.78 is 11.5. The molecule has 0 unspecified atom stereocenters. The Morgan fingerprint density at radius 3 is 2.33 bits per heavy atom. The molecule has 0 saturated carbocycles. The molecule has 222 valence electrons. The van der Waals surface area contributed by atoms with E-state index in [-0.39, 0.29) is 36.6 Å². The lowest BCUT2D eigenvalue weighted by Crippen LogP contribution is -2.50. The van der Waals surface area contributed by atoms with Gasteiger partial charge in [0.1, 0.15) is 17.6 Å². The number of nitrogens with zero attached hydrogens (tertiary/aromatic N) is 2. The number of benzene rings is 3. The number of anilines is 3. The lowest BCUT2D eigenvalue weighted by Gasteiger charge is -2.38. The van der Waals surface area contributed by atoms with E-state index in [1.165, 1.54) is 4.90 Å². The fraction of sp³-hybridized carbons (Fsp3) is 0.323. The van der Waals surface area contributed by atoms with Crippen molar-refractivity contribution >= 4 is 35.0 Å². The van der Waals surface area contributed by atoms with Crippen LogP contribution in [0.2, 0.25) is 0 Å². The van der Waals surface area contributed by atoms with Crippen LogP contribution in [0.1, 0.15) is 24.2 Å². The van der Waals surface area contributed by atoms with Crippen LogP contribution in [0.4, 0.5) is 26.7 Å². The number of aliphatic hydroxyl groups is 1. The molecule has 0 spiro atoms. The number of nitrogens with one attached hydrogen (secondary N) is 3. The zero-order valence-corrected chi connectivity index (χ0v) is 24.2. The van der Waals surface area contributed by atoms with Gasteiger partial charge in [0.25, 0.3) is 5.91 Å². The van der Waals surface area contributed by atoms with Crippen molar-refractivity contribution in [2.45, 2.75) is 26.0 Å². The van der Waals surface area contributed by atoms with E-state index in [1.807, 2.05) is 25.1 Å². The first-order chi connectivity index (χ1) is 20.2. The quantitative estimate of drug-likeness (QED) is 0.307. The first-order valence-corrected chi connectivity index (χ1v) is 13.7. The molecule has 3 aromatic carbocycles. The van der Waals surface area contributed by atoms with Crippen molar-refractivity contribution in [1.82, 2.24) is 9.80 Å². The first kappa shape index (κ1) is 30.2. The maximum Gasteiger partial charge on any atom is 0.323 e. The highest BCUT2D eigenvalue weighted by atomic mass is 16.5. The van der Waals surface area contributed by atoms with Crippen molar-refractivity contribution in [3.8, 4) is 11.5 Å². The van der Waals surface area contributed by atoms with Gasteiger partial charge in [-0.3, -0.25) is 4.79 Å². The Balaban J connectivity index is 1.54. The van der Waals surface area contributed by atoms with Gasteiger partial charge in [-0.1, -0.05) is 25.1 Å². The van der Waals surface area contributed by atoms with Crippen molar-refractivity contribution in [1.29, 1.82) is 0 Å². The Morgan fingerprint density at radius 2 is 1.67 bits per heavy atom. The second-order valence-electron chi connectivity index (χ2n) is 10.3. The molecular formula is C31H37N5O6. The van der Waals surface area contributed by atoms with Crippen LogP contribution in [0.15, 0.2) is 72.8 Å². The number of urea groups is 2. The number of carbonyl (C=O) groups is 3. The summed E-state index contributed by atoms with van der Waals surface area (Å²) in [7, 11) is 3.24. The van der Waals surface area contributed by atoms with Crippen LogP contribution in [-0.2, 0) is 0 Å². The zero-order valence-electron chi connectivity index (χ0n) is 24.2. The van der Waals surface area contributed by atoms with Gasteiger partial charge in [-0.05, 0) is 61.5 Å². The number of aliphatic hydroxyl groups excluding tert-OH is 1. The van der Waals surface area contributed by atoms with Crippen molar-refractivity contribution in [3.63, 3.8) is 0 Å². The molecule has 5 amide bonds. The van der Waals surface area contributed by atoms with E-state index in [0.29, 0.717) is 35.1 Å². The van der Waals surface area contributed by atoms with Gasteiger partial charge in [0.05, 0.1) is 31.9 Å². The molecule has 11 heteroatoms. The van der Waals surface area contributed by atoms with E-state index in [4.69, 9.17) is 9.47 Å². The molecule has 1 aliphatic rings. The Bertz CT molecular complexity index is 1380. The average Bonchev–Trinajstić information content (AvgIpc) is 2.99. The summed E-state index contributed by atoms with van der Waals surface area (Å²) in [6.45, 7) is 4.04. The predicted octanol–water partition coefficient (Wildman–Crippen LogP) is 4.72. The second kappa shape index (κ2) is 13.7. The topological polar surface area (TPSA) is 132 Å². The highest BCUT2D eigenvalue weighted by molar-refractivity contribution is 6.02. The van der Waals surface area contributed by atoms with Crippen molar-refractivity contribution < 1.29 is 29.0 Å². The molecule has 42 heavy (non-hydrogen) atoms. The van der Waals surface area contributed by atoms with E-state index in [1.54, 1.807) is 80.6 Å². The molecule has 11 nitrogen and oxygen atoms in total. The SMILES string of the molecule is COc1ccc(NC(=O)Nc2ccc3c(c2)C(=O)N([C@H](C)CO)C[C@H](C)[C@@H](CN(C)C(=O)Nc2ccccc2)O3)cc1. The lowest BCUT2D eigenvalue weighted by molar-refractivity contribution is 0.0371. The van der Waals surface area contributed by atoms with Crippen LogP contribution in [0.3, 0.4) is 0 Å². The number of ether oxygens (including phenoxy) is 2. The summed E-state index contributed by atoms with van der Waals surface area (Å²) in [6.07, 6.45) is -0.464. The van der Waals surface area contributed by atoms with E-state index < -0.39 is 18.2 Å². The van der Waals surface area contributed by atoms with Gasteiger partial charge in [-0.2, -0.15) is 0 Å². The Kier molecular flexibility index (Phi) is 9.87. The largest absolute Gasteiger partial charge is 0.497 e. The van der Waals surface area contributed by atoms with Crippen molar-refractivity contribution in [2.24, 2.45) is 5.92 Å². The number of rotatable bonds is 8. The molecule has 3 atom stereocenters. The molecular weight excluding hydrogens is 538 g/mol. The van der Waals surface area contributed by atoms with Crippen LogP contribution < -0.4 is 25.4 Å². The molecule has 0 aromatic heterocycles. The van der Waals surface area contributed by atoms with Crippen molar-refractivity contribution in [2.75, 3.05) is 49.8 Å². The molecule has 0 saturated heterocycles. The number of hydrogen-bond donors (Lipinski definition) is 4. The minimum absolute atomic E-state index is 0.170. The molecule has 4 rings (SSSR count). The highest BCUT2D eigenvalue weighted by Gasteiger charge is 2.34. The maximum absolute atomic E-state index is 13.7. The van der Waals surface area contributed by atoms with Crippen LogP contribution in [0, 0.1) is 5.92 Å². The number of para-hydroxylation sites is 1. The van der Waals surface area contributed by atoms with Gasteiger partial charge in [0.15, 0.2) is 0 Å². The van der Waals surface area contributed by atoms with Gasteiger partial charge in [-0.15, -0.1) is 0 Å². The molecule has 1 heterocycles. The molecule has 3 aromatic rings. The number of hydrogen-bond acceptors (Lipinski definition) is 6. The number of methoxy groups -OCH3 is 1. The third-order valence-corrected chi connectivity index (χ3v) is 7.10. The summed E-state index contributed by atoms with van der Waals surface area (Å²) in [5, 5.41) is 18.3. The minimum atomic E-state index is -0.488. The van der Waals surface area contributed by atoms with Gasteiger partial charge in [0.2, 0.25) is 0 Å². The smallest absolute Gasteiger partial charge is 0.323 e. The van der Waals surface area contributed by atoms with Crippen LogP contribution in [0.25, 0.3) is 0 Å². The summed E-state index contributed by atoms with van der Waals surface area (Å²) in [5.41, 5.74) is 1.87. The number of carbonyl (C=O) groups excluding carboxylic acids is 3. The third-order valence-electron chi connectivity index (χ3n) is 7.10. The molecule has 0 bridgehead atoms. The van der Waals surface area contributed by atoms with E-state index in [2.05, 4.69) is 16.0 Å².